The van der Waals surface area contributed by atoms with Crippen LogP contribution in [0.3, 0.4) is 0 Å². The van der Waals surface area contributed by atoms with Gasteiger partial charge in [-0.3, -0.25) is 0 Å². The summed E-state index contributed by atoms with van der Waals surface area (Å²) in [7, 11) is 0. The summed E-state index contributed by atoms with van der Waals surface area (Å²) >= 11 is 0. The topological polar surface area (TPSA) is 9.23 Å². The molecule has 1 aliphatic rings. The summed E-state index contributed by atoms with van der Waals surface area (Å²) in [6.45, 7) is 3.88. The van der Waals surface area contributed by atoms with Crippen LogP contribution in [0.2, 0.25) is 0 Å². The molecule has 0 spiro atoms. The number of benzene rings is 2. The number of unbranched alkanes of at least 4 members (excludes halogenated alkanes) is 2. The predicted molar refractivity (Wildman–Crippen MR) is 129 cm³/mol. The molecule has 1 saturated carbocycles. The highest BCUT2D eigenvalue weighted by Gasteiger charge is 2.31. The normalized spacial score (nSPS) is 19.1. The third kappa shape index (κ3) is 8.17. The summed E-state index contributed by atoms with van der Waals surface area (Å²) in [5, 5.41) is 0. The maximum Gasteiger partial charge on any atom is 0.360 e. The van der Waals surface area contributed by atoms with Crippen LogP contribution < -0.4 is 0 Å². The summed E-state index contributed by atoms with van der Waals surface area (Å²) in [4.78, 5) is 0. The minimum Gasteiger partial charge on any atom is -0.315 e. The van der Waals surface area contributed by atoms with Crippen LogP contribution in [0.1, 0.15) is 99.8 Å². The minimum atomic E-state index is -3.34. The number of halogens is 3. The van der Waals surface area contributed by atoms with Gasteiger partial charge in [0.05, 0.1) is 13.0 Å². The van der Waals surface area contributed by atoms with Crippen molar-refractivity contribution in [2.24, 2.45) is 5.92 Å². The first-order valence-corrected chi connectivity index (χ1v) is 12.8. The van der Waals surface area contributed by atoms with E-state index < -0.39 is 25.0 Å². The van der Waals surface area contributed by atoms with Gasteiger partial charge in [-0.15, -0.1) is 0 Å². The molecular weight excluding hydrogens is 421 g/mol. The average Bonchev–Trinajstić information content (AvgIpc) is 2.80. The van der Waals surface area contributed by atoms with Gasteiger partial charge < -0.3 is 4.74 Å². The lowest BCUT2D eigenvalue weighted by molar-refractivity contribution is -0.244. The Hall–Kier alpha value is -1.81. The van der Waals surface area contributed by atoms with Crippen LogP contribution in [0.5, 0.6) is 0 Å². The van der Waals surface area contributed by atoms with Gasteiger partial charge in [0.2, 0.25) is 0 Å². The second-order valence-electron chi connectivity index (χ2n) is 9.73. The molecular formula is C29H39F3O. The third-order valence-corrected chi connectivity index (χ3v) is 7.02. The zero-order chi connectivity index (χ0) is 23.7. The molecule has 182 valence electrons. The molecule has 2 aromatic carbocycles. The molecule has 0 unspecified atom stereocenters. The Bertz CT molecular complexity index is 838. The Balaban J connectivity index is 1.49. The van der Waals surface area contributed by atoms with Gasteiger partial charge in [0, 0.05) is 5.56 Å². The van der Waals surface area contributed by atoms with Crippen LogP contribution in [-0.4, -0.2) is 6.11 Å². The van der Waals surface area contributed by atoms with Crippen LogP contribution in [0.4, 0.5) is 13.2 Å². The molecule has 4 heteroatoms. The highest BCUT2D eigenvalue weighted by Crippen LogP contribution is 2.38. The van der Waals surface area contributed by atoms with Crippen LogP contribution in [0.25, 0.3) is 0 Å². The first kappa shape index (κ1) is 25.8. The Morgan fingerprint density at radius 3 is 2.21 bits per heavy atom. The van der Waals surface area contributed by atoms with E-state index in [1.165, 1.54) is 44.6 Å². The highest BCUT2D eigenvalue weighted by molar-refractivity contribution is 5.27. The molecule has 1 aliphatic carbocycles. The van der Waals surface area contributed by atoms with Gasteiger partial charge in [-0.1, -0.05) is 82.3 Å². The molecule has 0 heterocycles. The standard InChI is InChI=1S/C29H39F3O/c1-3-5-6-8-23-13-15-25(16-14-23)26-17-18-27(28(30)19-26)21-33-29(31,32)20-24-11-9-22(7-4-2)10-12-24/h9-12,17-19,23,25H,3-8,13-16,20-21H2,1-2H3. The number of rotatable bonds is 12. The van der Waals surface area contributed by atoms with Crippen molar-refractivity contribution < 1.29 is 17.9 Å². The largest absolute Gasteiger partial charge is 0.360 e. The summed E-state index contributed by atoms with van der Waals surface area (Å²) in [5.41, 5.74) is 2.82. The molecule has 0 atom stereocenters. The van der Waals surface area contributed by atoms with Crippen LogP contribution in [-0.2, 0) is 24.2 Å². The first-order chi connectivity index (χ1) is 15.9. The van der Waals surface area contributed by atoms with E-state index in [1.54, 1.807) is 18.2 Å². The van der Waals surface area contributed by atoms with Crippen molar-refractivity contribution in [3.8, 4) is 0 Å². The van der Waals surface area contributed by atoms with Gasteiger partial charge in [-0.25, -0.2) is 4.39 Å². The molecule has 0 N–H and O–H groups in total. The van der Waals surface area contributed by atoms with Crippen molar-refractivity contribution >= 4 is 0 Å². The Labute approximate surface area is 197 Å². The zero-order valence-corrected chi connectivity index (χ0v) is 20.2. The summed E-state index contributed by atoms with van der Waals surface area (Å²) < 4.78 is 48.2. The molecule has 0 aromatic heterocycles. The number of hydrogen-bond acceptors (Lipinski definition) is 1. The number of alkyl halides is 2. The Kier molecular flexibility index (Phi) is 9.85. The van der Waals surface area contributed by atoms with Crippen molar-refractivity contribution in [1.29, 1.82) is 0 Å². The van der Waals surface area contributed by atoms with E-state index in [4.69, 9.17) is 4.74 Å². The van der Waals surface area contributed by atoms with E-state index in [2.05, 4.69) is 13.8 Å². The summed E-state index contributed by atoms with van der Waals surface area (Å²) in [6.07, 6.45) is 7.84. The smallest absolute Gasteiger partial charge is 0.315 e. The molecule has 0 saturated heterocycles. The van der Waals surface area contributed by atoms with Gasteiger partial charge in [0.25, 0.3) is 0 Å². The molecule has 1 fully saturated rings. The van der Waals surface area contributed by atoms with E-state index in [1.807, 2.05) is 18.2 Å². The minimum absolute atomic E-state index is 0.185. The molecule has 0 bridgehead atoms. The fourth-order valence-corrected chi connectivity index (χ4v) is 4.99. The first-order valence-electron chi connectivity index (χ1n) is 12.8. The lowest BCUT2D eigenvalue weighted by Crippen LogP contribution is -2.24. The predicted octanol–water partition coefficient (Wildman–Crippen LogP) is 8.98. The van der Waals surface area contributed by atoms with Gasteiger partial charge in [0.1, 0.15) is 5.82 Å². The molecule has 0 aliphatic heterocycles. The fourth-order valence-electron chi connectivity index (χ4n) is 4.99. The summed E-state index contributed by atoms with van der Waals surface area (Å²) in [6, 6.07) is 12.2. The molecule has 3 rings (SSSR count). The van der Waals surface area contributed by atoms with Crippen LogP contribution in [0.15, 0.2) is 42.5 Å². The van der Waals surface area contributed by atoms with Crippen molar-refractivity contribution in [3.63, 3.8) is 0 Å². The quantitative estimate of drug-likeness (QED) is 0.287. The highest BCUT2D eigenvalue weighted by atomic mass is 19.3. The van der Waals surface area contributed by atoms with E-state index in [-0.39, 0.29) is 5.56 Å². The lowest BCUT2D eigenvalue weighted by Gasteiger charge is -2.29. The lowest BCUT2D eigenvalue weighted by atomic mass is 9.77. The molecule has 33 heavy (non-hydrogen) atoms. The second kappa shape index (κ2) is 12.6. The molecule has 1 nitrogen and oxygen atoms in total. The van der Waals surface area contributed by atoms with E-state index >= 15 is 0 Å². The molecule has 0 radical (unpaired) electrons. The fraction of sp³-hybridized carbons (Fsp3) is 0.586. The van der Waals surface area contributed by atoms with E-state index in [0.29, 0.717) is 11.5 Å². The third-order valence-electron chi connectivity index (χ3n) is 7.02. The van der Waals surface area contributed by atoms with Crippen molar-refractivity contribution in [3.05, 3.63) is 70.5 Å². The maximum atomic E-state index is 14.7. The zero-order valence-electron chi connectivity index (χ0n) is 20.2. The second-order valence-corrected chi connectivity index (χ2v) is 9.73. The van der Waals surface area contributed by atoms with Crippen LogP contribution >= 0.6 is 0 Å². The average molecular weight is 461 g/mol. The van der Waals surface area contributed by atoms with Crippen molar-refractivity contribution in [2.75, 3.05) is 0 Å². The molecule has 0 amide bonds. The SMILES string of the molecule is CCCCCC1CCC(c2ccc(COC(F)(F)Cc3ccc(CCC)cc3)c(F)c2)CC1. The monoisotopic (exact) mass is 460 g/mol. The van der Waals surface area contributed by atoms with Crippen molar-refractivity contribution in [1.82, 2.24) is 0 Å². The van der Waals surface area contributed by atoms with Crippen molar-refractivity contribution in [2.45, 2.75) is 103 Å². The number of ether oxygens (including phenoxy) is 1. The molecule has 2 aromatic rings. The van der Waals surface area contributed by atoms with Gasteiger partial charge in [0.15, 0.2) is 0 Å². The maximum absolute atomic E-state index is 14.7. The van der Waals surface area contributed by atoms with Crippen LogP contribution in [0, 0.1) is 11.7 Å². The van der Waals surface area contributed by atoms with Gasteiger partial charge >= 0.3 is 6.11 Å². The van der Waals surface area contributed by atoms with E-state index in [0.717, 1.165) is 42.7 Å². The Morgan fingerprint density at radius 2 is 1.58 bits per heavy atom. The Morgan fingerprint density at radius 1 is 0.879 bits per heavy atom. The number of aryl methyl sites for hydroxylation is 1. The van der Waals surface area contributed by atoms with Gasteiger partial charge in [-0.05, 0) is 66.7 Å². The summed E-state index contributed by atoms with van der Waals surface area (Å²) in [5.74, 6) is 0.724. The number of hydrogen-bond donors (Lipinski definition) is 0. The van der Waals surface area contributed by atoms with Gasteiger partial charge in [-0.2, -0.15) is 8.78 Å². The van der Waals surface area contributed by atoms with E-state index in [9.17, 15) is 13.2 Å².